The van der Waals surface area contributed by atoms with Crippen molar-refractivity contribution in [3.05, 3.63) is 65.2 Å². The van der Waals surface area contributed by atoms with Crippen molar-refractivity contribution in [2.75, 3.05) is 11.9 Å². The second kappa shape index (κ2) is 10.4. The van der Waals surface area contributed by atoms with Crippen molar-refractivity contribution in [3.8, 4) is 0 Å². The molecule has 0 saturated carbocycles. The number of benzene rings is 2. The van der Waals surface area contributed by atoms with Gasteiger partial charge in [0.1, 0.15) is 11.6 Å². The number of amides is 2. The average molecular weight is 403 g/mol. The Morgan fingerprint density at radius 2 is 1.69 bits per heavy atom. The predicted molar refractivity (Wildman–Crippen MR) is 115 cm³/mol. The van der Waals surface area contributed by atoms with Gasteiger partial charge in [0.05, 0.1) is 5.69 Å². The molecule has 1 N–H and O–H groups in total. The number of carbonyl (C=O) groups is 1. The van der Waals surface area contributed by atoms with Gasteiger partial charge in [-0.05, 0) is 47.9 Å². The van der Waals surface area contributed by atoms with E-state index in [-0.39, 0.29) is 11.1 Å². The first-order chi connectivity index (χ1) is 13.7. The van der Waals surface area contributed by atoms with E-state index in [9.17, 15) is 13.6 Å². The van der Waals surface area contributed by atoms with Crippen LogP contribution in [0.5, 0.6) is 0 Å². The lowest BCUT2D eigenvalue weighted by molar-refractivity contribution is 0.198. The van der Waals surface area contributed by atoms with Gasteiger partial charge in [-0.25, -0.2) is 13.6 Å². The van der Waals surface area contributed by atoms with Crippen LogP contribution >= 0.6 is 0 Å². The quantitative estimate of drug-likeness (QED) is 0.519. The summed E-state index contributed by atoms with van der Waals surface area (Å²) in [5.41, 5.74) is 2.35. The van der Waals surface area contributed by atoms with Gasteiger partial charge in [0.15, 0.2) is 0 Å². The molecule has 29 heavy (non-hydrogen) atoms. The fourth-order valence-electron chi connectivity index (χ4n) is 2.92. The molecule has 2 rings (SSSR count). The number of aryl methyl sites for hydroxylation is 1. The van der Waals surface area contributed by atoms with Gasteiger partial charge in [0.2, 0.25) is 0 Å². The molecular formula is C24H32F2N2O. The van der Waals surface area contributed by atoms with Gasteiger partial charge in [-0.3, -0.25) is 0 Å². The Kier molecular flexibility index (Phi) is 8.18. The van der Waals surface area contributed by atoms with Crippen molar-refractivity contribution in [2.24, 2.45) is 5.41 Å². The highest BCUT2D eigenvalue weighted by molar-refractivity contribution is 5.89. The summed E-state index contributed by atoms with van der Waals surface area (Å²) in [5, 5.41) is 2.58. The van der Waals surface area contributed by atoms with Crippen molar-refractivity contribution in [2.45, 2.75) is 59.9 Å². The first kappa shape index (κ1) is 22.9. The molecule has 158 valence electrons. The normalized spacial score (nSPS) is 11.4. The van der Waals surface area contributed by atoms with Crippen LogP contribution in [0, 0.1) is 17.0 Å². The topological polar surface area (TPSA) is 32.3 Å². The fraction of sp³-hybridized carbons (Fsp3) is 0.458. The summed E-state index contributed by atoms with van der Waals surface area (Å²) in [6.07, 6.45) is 4.17. The predicted octanol–water partition coefficient (Wildman–Crippen LogP) is 6.78. The van der Waals surface area contributed by atoms with E-state index >= 15 is 0 Å². The zero-order valence-corrected chi connectivity index (χ0v) is 17.9. The Morgan fingerprint density at radius 3 is 2.28 bits per heavy atom. The van der Waals surface area contributed by atoms with Gasteiger partial charge in [-0.1, -0.05) is 58.4 Å². The molecule has 0 fully saturated rings. The minimum atomic E-state index is -0.783. The molecule has 0 aliphatic rings. The zero-order valence-electron chi connectivity index (χ0n) is 17.9. The molecule has 0 aromatic heterocycles. The Hall–Kier alpha value is -2.43. The summed E-state index contributed by atoms with van der Waals surface area (Å²) < 4.78 is 27.1. The SMILES string of the molecule is CCCCc1ccc(CN(CCC(C)(C)C)C(=O)Nc2ccc(F)cc2F)cc1. The van der Waals surface area contributed by atoms with Crippen molar-refractivity contribution in [3.63, 3.8) is 0 Å². The van der Waals surface area contributed by atoms with Crippen LogP contribution < -0.4 is 5.32 Å². The molecule has 0 unspecified atom stereocenters. The number of anilines is 1. The minimum Gasteiger partial charge on any atom is -0.320 e. The smallest absolute Gasteiger partial charge is 0.320 e. The molecule has 0 aliphatic heterocycles. The van der Waals surface area contributed by atoms with Crippen LogP contribution in [-0.2, 0) is 13.0 Å². The van der Waals surface area contributed by atoms with Crippen LogP contribution in [0.4, 0.5) is 19.3 Å². The van der Waals surface area contributed by atoms with Crippen LogP contribution in [0.15, 0.2) is 42.5 Å². The van der Waals surface area contributed by atoms with Crippen LogP contribution in [0.2, 0.25) is 0 Å². The van der Waals surface area contributed by atoms with Crippen LogP contribution in [0.1, 0.15) is 58.1 Å². The molecule has 2 aromatic rings. The summed E-state index contributed by atoms with van der Waals surface area (Å²) in [6.45, 7) is 9.49. The summed E-state index contributed by atoms with van der Waals surface area (Å²) in [7, 11) is 0. The fourth-order valence-corrected chi connectivity index (χ4v) is 2.92. The maximum atomic E-state index is 13.9. The molecule has 0 heterocycles. The number of urea groups is 1. The zero-order chi connectivity index (χ0) is 21.4. The lowest BCUT2D eigenvalue weighted by Gasteiger charge is -2.27. The van der Waals surface area contributed by atoms with Crippen molar-refractivity contribution < 1.29 is 13.6 Å². The van der Waals surface area contributed by atoms with Crippen LogP contribution in [0.25, 0.3) is 0 Å². The Morgan fingerprint density at radius 1 is 1.03 bits per heavy atom. The number of hydrogen-bond acceptors (Lipinski definition) is 1. The maximum Gasteiger partial charge on any atom is 0.322 e. The second-order valence-electron chi connectivity index (χ2n) is 8.71. The van der Waals surface area contributed by atoms with Gasteiger partial charge in [-0.2, -0.15) is 0 Å². The largest absolute Gasteiger partial charge is 0.322 e. The van der Waals surface area contributed by atoms with E-state index in [1.54, 1.807) is 4.90 Å². The van der Waals surface area contributed by atoms with Gasteiger partial charge in [-0.15, -0.1) is 0 Å². The molecule has 2 amide bonds. The first-order valence-corrected chi connectivity index (χ1v) is 10.3. The molecule has 0 spiro atoms. The Labute approximate surface area is 173 Å². The molecule has 0 saturated heterocycles. The van der Waals surface area contributed by atoms with E-state index < -0.39 is 17.7 Å². The molecule has 0 aliphatic carbocycles. The second-order valence-corrected chi connectivity index (χ2v) is 8.71. The number of nitrogens with zero attached hydrogens (tertiary/aromatic N) is 1. The number of halogens is 2. The number of unbranched alkanes of at least 4 members (excludes halogenated alkanes) is 1. The lowest BCUT2D eigenvalue weighted by Crippen LogP contribution is -2.36. The van der Waals surface area contributed by atoms with Crippen molar-refractivity contribution >= 4 is 11.7 Å². The highest BCUT2D eigenvalue weighted by Gasteiger charge is 2.19. The van der Waals surface area contributed by atoms with Crippen LogP contribution in [-0.4, -0.2) is 17.5 Å². The van der Waals surface area contributed by atoms with Crippen LogP contribution in [0.3, 0.4) is 0 Å². The molecule has 0 atom stereocenters. The third kappa shape index (κ3) is 7.84. The van der Waals surface area contributed by atoms with Crippen molar-refractivity contribution in [1.29, 1.82) is 0 Å². The Balaban J connectivity index is 2.11. The van der Waals surface area contributed by atoms with E-state index in [2.05, 4.69) is 45.1 Å². The average Bonchev–Trinajstić information content (AvgIpc) is 2.65. The van der Waals surface area contributed by atoms with E-state index in [1.165, 1.54) is 11.6 Å². The van der Waals surface area contributed by atoms with Crippen molar-refractivity contribution in [1.82, 2.24) is 4.90 Å². The van der Waals surface area contributed by atoms with E-state index in [0.29, 0.717) is 13.1 Å². The number of rotatable bonds is 8. The molecule has 5 heteroatoms. The summed E-state index contributed by atoms with van der Waals surface area (Å²) in [6, 6.07) is 11.0. The standard InChI is InChI=1S/C24H32F2N2O/c1-5-6-7-18-8-10-19(11-9-18)17-28(15-14-24(2,3)4)23(29)27-22-13-12-20(25)16-21(22)26/h8-13,16H,5-7,14-15,17H2,1-4H3,(H,27,29). The molecule has 0 bridgehead atoms. The molecule has 3 nitrogen and oxygen atoms in total. The Bertz CT molecular complexity index is 798. The minimum absolute atomic E-state index is 0.0212. The molecule has 0 radical (unpaired) electrons. The lowest BCUT2D eigenvalue weighted by atomic mass is 9.92. The van der Waals surface area contributed by atoms with E-state index in [1.807, 2.05) is 12.1 Å². The highest BCUT2D eigenvalue weighted by Crippen LogP contribution is 2.21. The number of carbonyl (C=O) groups excluding carboxylic acids is 1. The third-order valence-corrected chi connectivity index (χ3v) is 4.81. The monoisotopic (exact) mass is 402 g/mol. The molecular weight excluding hydrogens is 370 g/mol. The van der Waals surface area contributed by atoms with E-state index in [4.69, 9.17) is 0 Å². The molecule has 2 aromatic carbocycles. The third-order valence-electron chi connectivity index (χ3n) is 4.81. The number of hydrogen-bond donors (Lipinski definition) is 1. The summed E-state index contributed by atoms with van der Waals surface area (Å²) in [5.74, 6) is -1.46. The van der Waals surface area contributed by atoms with E-state index in [0.717, 1.165) is 43.4 Å². The highest BCUT2D eigenvalue weighted by atomic mass is 19.1. The number of nitrogens with one attached hydrogen (secondary N) is 1. The summed E-state index contributed by atoms with van der Waals surface area (Å²) >= 11 is 0. The first-order valence-electron chi connectivity index (χ1n) is 10.3. The van der Waals surface area contributed by atoms with Gasteiger partial charge in [0, 0.05) is 19.2 Å². The summed E-state index contributed by atoms with van der Waals surface area (Å²) in [4.78, 5) is 14.5. The van der Waals surface area contributed by atoms with Gasteiger partial charge < -0.3 is 10.2 Å². The van der Waals surface area contributed by atoms with Gasteiger partial charge >= 0.3 is 6.03 Å². The van der Waals surface area contributed by atoms with Gasteiger partial charge in [0.25, 0.3) is 0 Å². The maximum absolute atomic E-state index is 13.9.